The van der Waals surface area contributed by atoms with Gasteiger partial charge in [-0.3, -0.25) is 0 Å². The zero-order valence-corrected chi connectivity index (χ0v) is 13.9. The molecule has 2 aromatic rings. The fourth-order valence-electron chi connectivity index (χ4n) is 3.72. The number of hydrogen-bond acceptors (Lipinski definition) is 2. The molecule has 22 heavy (non-hydrogen) atoms. The van der Waals surface area contributed by atoms with Gasteiger partial charge in [0.25, 0.3) is 0 Å². The molecule has 1 N–H and O–H groups in total. The fourth-order valence-corrected chi connectivity index (χ4v) is 3.85. The first-order valence-corrected chi connectivity index (χ1v) is 8.21. The molecule has 1 aromatic carbocycles. The second-order valence-electron chi connectivity index (χ2n) is 7.11. The van der Waals surface area contributed by atoms with Crippen LogP contribution in [0.25, 0.3) is 0 Å². The summed E-state index contributed by atoms with van der Waals surface area (Å²) in [6.07, 6.45) is 8.43. The number of aromatic nitrogens is 2. The third-order valence-electron chi connectivity index (χ3n) is 5.34. The molecule has 3 nitrogen and oxygen atoms in total. The minimum Gasteiger partial charge on any atom is -0.387 e. The van der Waals surface area contributed by atoms with E-state index in [1.54, 1.807) is 12.5 Å². The van der Waals surface area contributed by atoms with Crippen molar-refractivity contribution in [3.63, 3.8) is 0 Å². The van der Waals surface area contributed by atoms with Crippen LogP contribution in [-0.4, -0.2) is 20.3 Å². The van der Waals surface area contributed by atoms with Crippen molar-refractivity contribution in [1.82, 2.24) is 9.55 Å². The summed E-state index contributed by atoms with van der Waals surface area (Å²) in [5, 5.41) is 12.2. The molecule has 0 bridgehead atoms. The normalized spacial score (nSPS) is 27.2. The van der Waals surface area contributed by atoms with E-state index in [1.165, 1.54) is 5.56 Å². The van der Waals surface area contributed by atoms with Crippen molar-refractivity contribution in [3.05, 3.63) is 53.6 Å². The SMILES string of the molecule is CC1(C)CCC(Cc2ccc(Cl)cc2)C1(O)Cn1ccnc1. The Balaban J connectivity index is 1.84. The van der Waals surface area contributed by atoms with E-state index in [4.69, 9.17) is 11.6 Å². The predicted octanol–water partition coefficient (Wildman–Crippen LogP) is 3.95. The maximum atomic E-state index is 11.5. The lowest BCUT2D eigenvalue weighted by atomic mass is 9.72. The summed E-state index contributed by atoms with van der Waals surface area (Å²) < 4.78 is 1.99. The zero-order valence-electron chi connectivity index (χ0n) is 13.2. The topological polar surface area (TPSA) is 38.0 Å². The molecule has 1 aromatic heterocycles. The summed E-state index contributed by atoms with van der Waals surface area (Å²) in [5.41, 5.74) is 0.401. The molecule has 0 saturated heterocycles. The molecule has 1 fully saturated rings. The van der Waals surface area contributed by atoms with Crippen molar-refractivity contribution in [2.24, 2.45) is 11.3 Å². The largest absolute Gasteiger partial charge is 0.387 e. The Morgan fingerprint density at radius 1 is 1.32 bits per heavy atom. The first-order valence-electron chi connectivity index (χ1n) is 7.83. The number of imidazole rings is 1. The highest BCUT2D eigenvalue weighted by atomic mass is 35.5. The fraction of sp³-hybridized carbons (Fsp3) is 0.500. The zero-order chi connectivity index (χ0) is 15.8. The third kappa shape index (κ3) is 2.80. The first-order chi connectivity index (χ1) is 10.4. The van der Waals surface area contributed by atoms with Crippen LogP contribution in [0.1, 0.15) is 32.3 Å². The van der Waals surface area contributed by atoms with E-state index in [-0.39, 0.29) is 11.3 Å². The van der Waals surface area contributed by atoms with Crippen molar-refractivity contribution >= 4 is 11.6 Å². The van der Waals surface area contributed by atoms with Gasteiger partial charge in [0.15, 0.2) is 0 Å². The summed E-state index contributed by atoms with van der Waals surface area (Å²) in [4.78, 5) is 4.10. The molecule has 1 aliphatic rings. The summed E-state index contributed by atoms with van der Waals surface area (Å²) in [6, 6.07) is 7.97. The van der Waals surface area contributed by atoms with Gasteiger partial charge in [-0.25, -0.2) is 4.98 Å². The van der Waals surface area contributed by atoms with E-state index >= 15 is 0 Å². The van der Waals surface area contributed by atoms with Gasteiger partial charge >= 0.3 is 0 Å². The van der Waals surface area contributed by atoms with Gasteiger partial charge in [-0.05, 0) is 48.3 Å². The lowest BCUT2D eigenvalue weighted by Crippen LogP contribution is -2.49. The third-order valence-corrected chi connectivity index (χ3v) is 5.60. The van der Waals surface area contributed by atoms with Crippen LogP contribution in [0.4, 0.5) is 0 Å². The van der Waals surface area contributed by atoms with Crippen LogP contribution in [-0.2, 0) is 13.0 Å². The highest BCUT2D eigenvalue weighted by Gasteiger charge is 2.53. The van der Waals surface area contributed by atoms with Gasteiger partial charge < -0.3 is 9.67 Å². The molecule has 1 aliphatic carbocycles. The molecule has 0 spiro atoms. The van der Waals surface area contributed by atoms with E-state index in [2.05, 4.69) is 31.0 Å². The minimum atomic E-state index is -0.729. The van der Waals surface area contributed by atoms with Crippen molar-refractivity contribution in [1.29, 1.82) is 0 Å². The van der Waals surface area contributed by atoms with E-state index < -0.39 is 5.60 Å². The maximum Gasteiger partial charge on any atom is 0.0946 e. The lowest BCUT2D eigenvalue weighted by Gasteiger charge is -2.41. The Morgan fingerprint density at radius 3 is 2.68 bits per heavy atom. The first kappa shape index (κ1) is 15.6. The molecule has 118 valence electrons. The quantitative estimate of drug-likeness (QED) is 0.927. The predicted molar refractivity (Wildman–Crippen MR) is 88.8 cm³/mol. The Kier molecular flexibility index (Phi) is 4.04. The van der Waals surface area contributed by atoms with Crippen LogP contribution in [0.3, 0.4) is 0 Å². The van der Waals surface area contributed by atoms with Crippen LogP contribution in [0.2, 0.25) is 5.02 Å². The number of benzene rings is 1. The minimum absolute atomic E-state index is 0.103. The van der Waals surface area contributed by atoms with Crippen molar-refractivity contribution < 1.29 is 5.11 Å². The van der Waals surface area contributed by atoms with Crippen molar-refractivity contribution in [2.75, 3.05) is 0 Å². The molecule has 1 heterocycles. The van der Waals surface area contributed by atoms with Gasteiger partial charge in [0.2, 0.25) is 0 Å². The van der Waals surface area contributed by atoms with Gasteiger partial charge in [0, 0.05) is 17.4 Å². The molecule has 2 unspecified atom stereocenters. The smallest absolute Gasteiger partial charge is 0.0946 e. The number of aliphatic hydroxyl groups is 1. The van der Waals surface area contributed by atoms with Gasteiger partial charge in [-0.2, -0.15) is 0 Å². The summed E-state index contributed by atoms with van der Waals surface area (Å²) >= 11 is 5.96. The summed E-state index contributed by atoms with van der Waals surface area (Å²) in [6.45, 7) is 4.94. The van der Waals surface area contributed by atoms with Crippen LogP contribution >= 0.6 is 11.6 Å². The number of nitrogens with zero attached hydrogens (tertiary/aromatic N) is 2. The van der Waals surface area contributed by atoms with E-state index in [9.17, 15) is 5.11 Å². The monoisotopic (exact) mass is 318 g/mol. The van der Waals surface area contributed by atoms with Crippen LogP contribution in [0.15, 0.2) is 43.0 Å². The molecule has 1 saturated carbocycles. The molecular weight excluding hydrogens is 296 g/mol. The van der Waals surface area contributed by atoms with Crippen molar-refractivity contribution in [2.45, 2.75) is 45.3 Å². The molecule has 0 amide bonds. The Morgan fingerprint density at radius 2 is 2.05 bits per heavy atom. The number of rotatable bonds is 4. The van der Waals surface area contributed by atoms with Crippen LogP contribution in [0, 0.1) is 11.3 Å². The standard InChI is InChI=1S/C18H23ClN2O/c1-17(2)8-7-15(11-14-3-5-16(19)6-4-14)18(17,22)12-21-10-9-20-13-21/h3-6,9-10,13,15,22H,7-8,11-12H2,1-2H3. The Hall–Kier alpha value is -1.32. The van der Waals surface area contributed by atoms with E-state index in [0.29, 0.717) is 6.54 Å². The molecule has 2 atom stereocenters. The maximum absolute atomic E-state index is 11.5. The number of hydrogen-bond donors (Lipinski definition) is 1. The highest BCUT2D eigenvalue weighted by Crippen LogP contribution is 2.51. The molecule has 0 aliphatic heterocycles. The Labute approximate surface area is 137 Å². The van der Waals surface area contributed by atoms with Gasteiger partial charge in [0.05, 0.1) is 18.5 Å². The van der Waals surface area contributed by atoms with Crippen molar-refractivity contribution in [3.8, 4) is 0 Å². The average molecular weight is 319 g/mol. The number of halogens is 1. The summed E-state index contributed by atoms with van der Waals surface area (Å²) in [7, 11) is 0. The molecule has 3 rings (SSSR count). The van der Waals surface area contributed by atoms with Crippen LogP contribution in [0.5, 0.6) is 0 Å². The van der Waals surface area contributed by atoms with Gasteiger partial charge in [0.1, 0.15) is 0 Å². The summed E-state index contributed by atoms with van der Waals surface area (Å²) in [5.74, 6) is 0.242. The van der Waals surface area contributed by atoms with E-state index in [1.807, 2.05) is 22.9 Å². The van der Waals surface area contributed by atoms with E-state index in [0.717, 1.165) is 24.3 Å². The second kappa shape index (κ2) is 5.71. The van der Waals surface area contributed by atoms with Gasteiger partial charge in [-0.1, -0.05) is 37.6 Å². The highest BCUT2D eigenvalue weighted by molar-refractivity contribution is 6.30. The Bertz CT molecular complexity index is 621. The van der Waals surface area contributed by atoms with Gasteiger partial charge in [-0.15, -0.1) is 0 Å². The average Bonchev–Trinajstić information content (AvgIpc) is 3.04. The molecule has 4 heteroatoms. The van der Waals surface area contributed by atoms with Crippen LogP contribution < -0.4 is 0 Å². The molecular formula is C18H23ClN2O. The molecule has 0 radical (unpaired) electrons. The second-order valence-corrected chi connectivity index (χ2v) is 7.55. The lowest BCUT2D eigenvalue weighted by molar-refractivity contribution is -0.0885.